The summed E-state index contributed by atoms with van der Waals surface area (Å²) in [6, 6.07) is 0. The Balaban J connectivity index is 2.95. The van der Waals surface area contributed by atoms with E-state index in [2.05, 4.69) is 5.32 Å². The molecule has 0 aromatic heterocycles. The summed E-state index contributed by atoms with van der Waals surface area (Å²) < 4.78 is 10.2. The van der Waals surface area contributed by atoms with E-state index < -0.39 is 0 Å². The standard InChI is InChI=1S/C8H18N2O3/c1-2-12-5-6-13-4-3-10-8(11)7-9/h2-7,9H2,1H3,(H,10,11). The molecule has 3 N–H and O–H groups in total. The van der Waals surface area contributed by atoms with Gasteiger partial charge in [-0.05, 0) is 6.92 Å². The molecule has 0 aliphatic carbocycles. The molecule has 5 heteroatoms. The normalized spacial score (nSPS) is 10.0. The first-order valence-electron chi connectivity index (χ1n) is 4.43. The molecule has 0 aliphatic rings. The van der Waals surface area contributed by atoms with Crippen LogP contribution in [0.25, 0.3) is 0 Å². The molecule has 0 atom stereocenters. The van der Waals surface area contributed by atoms with Crippen LogP contribution in [0.4, 0.5) is 0 Å². The average molecular weight is 190 g/mol. The van der Waals surface area contributed by atoms with E-state index in [1.807, 2.05) is 6.92 Å². The minimum atomic E-state index is -0.159. The molecular weight excluding hydrogens is 172 g/mol. The van der Waals surface area contributed by atoms with Crippen LogP contribution in [0, 0.1) is 0 Å². The van der Waals surface area contributed by atoms with Gasteiger partial charge in [0.1, 0.15) is 0 Å². The minimum Gasteiger partial charge on any atom is -0.379 e. The zero-order chi connectivity index (χ0) is 9.94. The molecule has 0 radical (unpaired) electrons. The summed E-state index contributed by atoms with van der Waals surface area (Å²) >= 11 is 0. The number of hydrogen-bond donors (Lipinski definition) is 2. The molecule has 1 amide bonds. The summed E-state index contributed by atoms with van der Waals surface area (Å²) in [6.07, 6.45) is 0. The molecule has 0 rings (SSSR count). The van der Waals surface area contributed by atoms with E-state index >= 15 is 0 Å². The lowest BCUT2D eigenvalue weighted by Gasteiger charge is -2.05. The molecule has 0 aromatic rings. The minimum absolute atomic E-state index is 0.0267. The van der Waals surface area contributed by atoms with E-state index in [0.717, 1.165) is 0 Å². The number of amides is 1. The van der Waals surface area contributed by atoms with Gasteiger partial charge in [0.2, 0.25) is 5.91 Å². The fourth-order valence-electron chi connectivity index (χ4n) is 0.699. The zero-order valence-electron chi connectivity index (χ0n) is 8.04. The van der Waals surface area contributed by atoms with E-state index in [1.54, 1.807) is 0 Å². The topological polar surface area (TPSA) is 73.6 Å². The molecule has 13 heavy (non-hydrogen) atoms. The van der Waals surface area contributed by atoms with Crippen molar-refractivity contribution in [2.24, 2.45) is 5.73 Å². The highest BCUT2D eigenvalue weighted by atomic mass is 16.5. The SMILES string of the molecule is CCOCCOCCNC(=O)CN. The van der Waals surface area contributed by atoms with Crippen LogP contribution >= 0.6 is 0 Å². The Morgan fingerprint density at radius 2 is 2.00 bits per heavy atom. The lowest BCUT2D eigenvalue weighted by molar-refractivity contribution is -0.119. The summed E-state index contributed by atoms with van der Waals surface area (Å²) in [4.78, 5) is 10.6. The van der Waals surface area contributed by atoms with E-state index in [0.29, 0.717) is 33.0 Å². The van der Waals surface area contributed by atoms with Crippen LogP contribution in [0.5, 0.6) is 0 Å². The second-order valence-electron chi connectivity index (χ2n) is 2.36. The summed E-state index contributed by atoms with van der Waals surface area (Å²) in [5, 5.41) is 2.59. The summed E-state index contributed by atoms with van der Waals surface area (Å²) in [7, 11) is 0. The highest BCUT2D eigenvalue weighted by Crippen LogP contribution is 1.77. The molecule has 0 saturated carbocycles. The second kappa shape index (κ2) is 9.44. The third-order valence-corrected chi connectivity index (χ3v) is 1.33. The highest BCUT2D eigenvalue weighted by molar-refractivity contribution is 5.77. The Hall–Kier alpha value is -0.650. The second-order valence-corrected chi connectivity index (χ2v) is 2.36. The van der Waals surface area contributed by atoms with Gasteiger partial charge in [0, 0.05) is 13.2 Å². The number of nitrogens with one attached hydrogen (secondary N) is 1. The molecular formula is C8H18N2O3. The first-order valence-corrected chi connectivity index (χ1v) is 4.43. The van der Waals surface area contributed by atoms with Crippen LogP contribution in [0.1, 0.15) is 6.92 Å². The molecule has 5 nitrogen and oxygen atoms in total. The van der Waals surface area contributed by atoms with Crippen molar-refractivity contribution < 1.29 is 14.3 Å². The number of hydrogen-bond acceptors (Lipinski definition) is 4. The van der Waals surface area contributed by atoms with E-state index in [1.165, 1.54) is 0 Å². The zero-order valence-corrected chi connectivity index (χ0v) is 8.04. The number of ether oxygens (including phenoxy) is 2. The fourth-order valence-corrected chi connectivity index (χ4v) is 0.699. The van der Waals surface area contributed by atoms with Crippen LogP contribution in [-0.4, -0.2) is 45.4 Å². The van der Waals surface area contributed by atoms with Crippen LogP contribution in [0.2, 0.25) is 0 Å². The van der Waals surface area contributed by atoms with Crippen molar-refractivity contribution in [3.05, 3.63) is 0 Å². The molecule has 0 aliphatic heterocycles. The molecule has 0 fully saturated rings. The van der Waals surface area contributed by atoms with Crippen molar-refractivity contribution in [1.82, 2.24) is 5.32 Å². The van der Waals surface area contributed by atoms with Crippen molar-refractivity contribution in [1.29, 1.82) is 0 Å². The monoisotopic (exact) mass is 190 g/mol. The average Bonchev–Trinajstić information content (AvgIpc) is 2.16. The van der Waals surface area contributed by atoms with Gasteiger partial charge in [-0.2, -0.15) is 0 Å². The summed E-state index contributed by atoms with van der Waals surface area (Å²) in [6.45, 7) is 4.82. The van der Waals surface area contributed by atoms with E-state index in [9.17, 15) is 4.79 Å². The van der Waals surface area contributed by atoms with Crippen molar-refractivity contribution in [3.8, 4) is 0 Å². The number of carbonyl (C=O) groups is 1. The Labute approximate surface area is 78.6 Å². The van der Waals surface area contributed by atoms with Crippen LogP contribution in [0.3, 0.4) is 0 Å². The van der Waals surface area contributed by atoms with Gasteiger partial charge >= 0.3 is 0 Å². The smallest absolute Gasteiger partial charge is 0.233 e. The predicted molar refractivity (Wildman–Crippen MR) is 49.4 cm³/mol. The maximum Gasteiger partial charge on any atom is 0.233 e. The molecule has 0 aromatic carbocycles. The van der Waals surface area contributed by atoms with Crippen LogP contribution in [0.15, 0.2) is 0 Å². The van der Waals surface area contributed by atoms with Gasteiger partial charge in [0.05, 0.1) is 26.4 Å². The van der Waals surface area contributed by atoms with Crippen molar-refractivity contribution in [2.75, 3.05) is 39.5 Å². The van der Waals surface area contributed by atoms with Crippen molar-refractivity contribution in [3.63, 3.8) is 0 Å². The number of carbonyl (C=O) groups excluding carboxylic acids is 1. The Bertz CT molecular complexity index is 131. The van der Waals surface area contributed by atoms with Crippen LogP contribution < -0.4 is 11.1 Å². The van der Waals surface area contributed by atoms with Gasteiger partial charge in [-0.1, -0.05) is 0 Å². The molecule has 0 unspecified atom stereocenters. The highest BCUT2D eigenvalue weighted by Gasteiger charge is 1.94. The lowest BCUT2D eigenvalue weighted by atomic mass is 10.5. The van der Waals surface area contributed by atoms with E-state index in [-0.39, 0.29) is 12.5 Å². The predicted octanol–water partition coefficient (Wildman–Crippen LogP) is -0.886. The Morgan fingerprint density at radius 1 is 1.31 bits per heavy atom. The molecule has 0 heterocycles. The molecule has 0 saturated heterocycles. The maximum atomic E-state index is 10.6. The Kier molecular flexibility index (Phi) is 8.97. The first kappa shape index (κ1) is 12.3. The Morgan fingerprint density at radius 3 is 2.62 bits per heavy atom. The van der Waals surface area contributed by atoms with Gasteiger partial charge in [0.25, 0.3) is 0 Å². The quantitative estimate of drug-likeness (QED) is 0.487. The van der Waals surface area contributed by atoms with Gasteiger partial charge in [-0.3, -0.25) is 4.79 Å². The van der Waals surface area contributed by atoms with Gasteiger partial charge in [-0.25, -0.2) is 0 Å². The first-order chi connectivity index (χ1) is 6.31. The third-order valence-electron chi connectivity index (χ3n) is 1.33. The molecule has 0 spiro atoms. The lowest BCUT2D eigenvalue weighted by Crippen LogP contribution is -2.32. The third kappa shape index (κ3) is 9.26. The van der Waals surface area contributed by atoms with Gasteiger partial charge in [0.15, 0.2) is 0 Å². The summed E-state index contributed by atoms with van der Waals surface area (Å²) in [5.74, 6) is -0.159. The van der Waals surface area contributed by atoms with Gasteiger partial charge in [-0.15, -0.1) is 0 Å². The van der Waals surface area contributed by atoms with Gasteiger partial charge < -0.3 is 20.5 Å². The van der Waals surface area contributed by atoms with E-state index in [4.69, 9.17) is 15.2 Å². The fraction of sp³-hybridized carbons (Fsp3) is 0.875. The van der Waals surface area contributed by atoms with Crippen molar-refractivity contribution in [2.45, 2.75) is 6.92 Å². The number of nitrogens with two attached hydrogens (primary N) is 1. The number of rotatable bonds is 8. The maximum absolute atomic E-state index is 10.6. The molecule has 0 bridgehead atoms. The largest absolute Gasteiger partial charge is 0.379 e. The summed E-state index contributed by atoms with van der Waals surface area (Å²) in [5.41, 5.74) is 5.08. The van der Waals surface area contributed by atoms with Crippen molar-refractivity contribution >= 4 is 5.91 Å². The van der Waals surface area contributed by atoms with Crippen LogP contribution in [-0.2, 0) is 14.3 Å². The molecule has 78 valence electrons.